The molecule has 33 heavy (non-hydrogen) atoms. The highest BCUT2D eigenvalue weighted by molar-refractivity contribution is 7.23. The summed E-state index contributed by atoms with van der Waals surface area (Å²) in [5.41, 5.74) is 1.48. The van der Waals surface area contributed by atoms with Crippen LogP contribution < -0.4 is 9.64 Å². The van der Waals surface area contributed by atoms with Crippen LogP contribution in [0.2, 0.25) is 0 Å². The van der Waals surface area contributed by atoms with Crippen LogP contribution in [-0.4, -0.2) is 27.9 Å². The Balaban J connectivity index is 1.57. The summed E-state index contributed by atoms with van der Waals surface area (Å²) in [6, 6.07) is 17.4. The summed E-state index contributed by atoms with van der Waals surface area (Å²) in [7, 11) is 1.60. The van der Waals surface area contributed by atoms with Gasteiger partial charge in [-0.1, -0.05) is 17.4 Å². The van der Waals surface area contributed by atoms with Crippen molar-refractivity contribution in [2.24, 2.45) is 0 Å². The third kappa shape index (κ3) is 4.13. The summed E-state index contributed by atoms with van der Waals surface area (Å²) in [6.07, 6.45) is 1.68. The van der Waals surface area contributed by atoms with Crippen LogP contribution in [0.4, 0.5) is 10.8 Å². The second kappa shape index (κ2) is 8.57. The molecule has 3 heterocycles. The summed E-state index contributed by atoms with van der Waals surface area (Å²) in [5.74, 6) is 0.474. The Kier molecular flexibility index (Phi) is 5.45. The zero-order valence-corrected chi connectivity index (χ0v) is 18.9. The molecule has 0 aliphatic heterocycles. The molecule has 5 rings (SSSR count). The van der Waals surface area contributed by atoms with E-state index in [1.165, 1.54) is 34.8 Å². The standard InChI is InChI=1S/C23H16N4O4S2/c1-31-17-6-7-18-20(12-17)33-23(25-18)26(13-15-4-2-3-9-24-15)22(28)21-11-14-10-16(27(29)30)5-8-19(14)32-21/h2-12H,13H2,1H3. The topological polar surface area (TPSA) is 98.5 Å². The van der Waals surface area contributed by atoms with Gasteiger partial charge in [0.25, 0.3) is 11.6 Å². The number of nitrogens with zero attached hydrogens (tertiary/aromatic N) is 4. The molecule has 10 heteroatoms. The number of aromatic nitrogens is 2. The van der Waals surface area contributed by atoms with Crippen molar-refractivity contribution in [2.45, 2.75) is 6.54 Å². The maximum Gasteiger partial charge on any atom is 0.270 e. The zero-order valence-electron chi connectivity index (χ0n) is 17.3. The van der Waals surface area contributed by atoms with Crippen LogP contribution in [0.1, 0.15) is 15.4 Å². The number of anilines is 1. The number of hydrogen-bond acceptors (Lipinski definition) is 8. The number of pyridine rings is 1. The van der Waals surface area contributed by atoms with Gasteiger partial charge >= 0.3 is 0 Å². The van der Waals surface area contributed by atoms with Gasteiger partial charge in [0.2, 0.25) is 0 Å². The quantitative estimate of drug-likeness (QED) is 0.231. The van der Waals surface area contributed by atoms with Gasteiger partial charge in [0, 0.05) is 28.4 Å². The molecule has 0 saturated heterocycles. The molecular formula is C23H16N4O4S2. The van der Waals surface area contributed by atoms with E-state index in [1.54, 1.807) is 30.3 Å². The van der Waals surface area contributed by atoms with E-state index in [0.29, 0.717) is 21.1 Å². The first kappa shape index (κ1) is 21.0. The van der Waals surface area contributed by atoms with E-state index in [4.69, 9.17) is 4.74 Å². The highest BCUT2D eigenvalue weighted by atomic mass is 32.1. The maximum absolute atomic E-state index is 13.7. The van der Waals surface area contributed by atoms with Crippen LogP contribution in [0.15, 0.2) is 66.9 Å². The Morgan fingerprint density at radius 2 is 1.97 bits per heavy atom. The van der Waals surface area contributed by atoms with Crippen LogP contribution in [0, 0.1) is 10.1 Å². The van der Waals surface area contributed by atoms with Gasteiger partial charge in [0.15, 0.2) is 5.13 Å². The molecule has 0 fully saturated rings. The molecule has 8 nitrogen and oxygen atoms in total. The van der Waals surface area contributed by atoms with Crippen molar-refractivity contribution in [1.82, 2.24) is 9.97 Å². The van der Waals surface area contributed by atoms with E-state index >= 15 is 0 Å². The van der Waals surface area contributed by atoms with Crippen molar-refractivity contribution < 1.29 is 14.5 Å². The van der Waals surface area contributed by atoms with Crippen molar-refractivity contribution in [3.05, 3.63) is 87.5 Å². The van der Waals surface area contributed by atoms with Gasteiger partial charge in [0.1, 0.15) is 5.75 Å². The third-order valence-electron chi connectivity index (χ3n) is 5.03. The number of thiazole rings is 1. The lowest BCUT2D eigenvalue weighted by atomic mass is 10.2. The largest absolute Gasteiger partial charge is 0.497 e. The Hall–Kier alpha value is -3.89. The molecular weight excluding hydrogens is 460 g/mol. The van der Waals surface area contributed by atoms with Gasteiger partial charge in [-0.3, -0.25) is 24.8 Å². The fourth-order valence-corrected chi connectivity index (χ4v) is 5.38. The number of carbonyl (C=O) groups is 1. The Morgan fingerprint density at radius 1 is 1.09 bits per heavy atom. The van der Waals surface area contributed by atoms with Crippen LogP contribution in [0.25, 0.3) is 20.3 Å². The van der Waals surface area contributed by atoms with E-state index in [2.05, 4.69) is 9.97 Å². The number of thiophene rings is 1. The number of fused-ring (bicyclic) bond motifs is 2. The number of nitro benzene ring substituents is 1. The highest BCUT2D eigenvalue weighted by Gasteiger charge is 2.24. The van der Waals surface area contributed by atoms with E-state index < -0.39 is 4.92 Å². The summed E-state index contributed by atoms with van der Waals surface area (Å²) in [6.45, 7) is 0.241. The first-order valence-corrected chi connectivity index (χ1v) is 11.5. The van der Waals surface area contributed by atoms with Crippen molar-refractivity contribution in [3.8, 4) is 5.75 Å². The molecule has 0 aliphatic rings. The number of carbonyl (C=O) groups excluding carboxylic acids is 1. The number of amides is 1. The monoisotopic (exact) mass is 476 g/mol. The first-order valence-electron chi connectivity index (χ1n) is 9.86. The Bertz CT molecular complexity index is 1500. The van der Waals surface area contributed by atoms with Crippen LogP contribution in [0.5, 0.6) is 5.75 Å². The minimum Gasteiger partial charge on any atom is -0.497 e. The molecule has 0 unspecified atom stereocenters. The predicted molar refractivity (Wildman–Crippen MR) is 129 cm³/mol. The lowest BCUT2D eigenvalue weighted by Gasteiger charge is -2.18. The van der Waals surface area contributed by atoms with E-state index in [0.717, 1.165) is 20.6 Å². The normalized spacial score (nSPS) is 11.1. The molecule has 0 spiro atoms. The molecule has 0 atom stereocenters. The number of hydrogen-bond donors (Lipinski definition) is 0. The SMILES string of the molecule is COc1ccc2nc(N(Cc3ccccn3)C(=O)c3cc4cc([N+](=O)[O-])ccc4s3)sc2c1. The lowest BCUT2D eigenvalue weighted by molar-refractivity contribution is -0.384. The fraction of sp³-hybridized carbons (Fsp3) is 0.0870. The van der Waals surface area contributed by atoms with E-state index in [-0.39, 0.29) is 18.1 Å². The average molecular weight is 477 g/mol. The second-order valence-corrected chi connectivity index (χ2v) is 9.23. The maximum atomic E-state index is 13.7. The van der Waals surface area contributed by atoms with E-state index in [9.17, 15) is 14.9 Å². The van der Waals surface area contributed by atoms with Crippen LogP contribution in [0.3, 0.4) is 0 Å². The van der Waals surface area contributed by atoms with Crippen molar-refractivity contribution in [2.75, 3.05) is 12.0 Å². The Labute approximate surface area is 195 Å². The average Bonchev–Trinajstić information content (AvgIpc) is 3.45. The number of benzene rings is 2. The molecule has 0 saturated carbocycles. The van der Waals surface area contributed by atoms with Gasteiger partial charge in [-0.15, -0.1) is 11.3 Å². The summed E-state index contributed by atoms with van der Waals surface area (Å²) in [4.78, 5) is 35.4. The number of non-ortho nitro benzene ring substituents is 1. The highest BCUT2D eigenvalue weighted by Crippen LogP contribution is 2.35. The molecule has 0 radical (unpaired) electrons. The first-order chi connectivity index (χ1) is 16.0. The molecule has 164 valence electrons. The van der Waals surface area contributed by atoms with Crippen LogP contribution in [-0.2, 0) is 6.54 Å². The molecule has 1 amide bonds. The van der Waals surface area contributed by atoms with E-state index in [1.807, 2.05) is 36.4 Å². The number of methoxy groups -OCH3 is 1. The lowest BCUT2D eigenvalue weighted by Crippen LogP contribution is -2.30. The molecule has 0 aliphatic carbocycles. The molecule has 5 aromatic rings. The van der Waals surface area contributed by atoms with Gasteiger partial charge in [-0.25, -0.2) is 4.98 Å². The van der Waals surface area contributed by atoms with Crippen molar-refractivity contribution in [3.63, 3.8) is 0 Å². The van der Waals surface area contributed by atoms with Crippen molar-refractivity contribution >= 4 is 59.7 Å². The summed E-state index contributed by atoms with van der Waals surface area (Å²) in [5, 5.41) is 12.3. The van der Waals surface area contributed by atoms with Gasteiger partial charge in [-0.2, -0.15) is 0 Å². The predicted octanol–water partition coefficient (Wildman–Crippen LogP) is 5.67. The van der Waals surface area contributed by atoms with Gasteiger partial charge < -0.3 is 4.74 Å². The molecule has 0 N–H and O–H groups in total. The summed E-state index contributed by atoms with van der Waals surface area (Å²) < 4.78 is 7.01. The molecule has 0 bridgehead atoms. The number of rotatable bonds is 6. The Morgan fingerprint density at radius 3 is 2.73 bits per heavy atom. The number of ether oxygens (including phenoxy) is 1. The minimum atomic E-state index is -0.443. The fourth-order valence-electron chi connectivity index (χ4n) is 3.40. The van der Waals surface area contributed by atoms with Crippen molar-refractivity contribution in [1.29, 1.82) is 0 Å². The zero-order chi connectivity index (χ0) is 22.9. The second-order valence-electron chi connectivity index (χ2n) is 7.13. The van der Waals surface area contributed by atoms with Gasteiger partial charge in [-0.05, 0) is 42.5 Å². The third-order valence-corrected chi connectivity index (χ3v) is 7.17. The molecule has 2 aromatic carbocycles. The smallest absolute Gasteiger partial charge is 0.270 e. The number of nitro groups is 1. The minimum absolute atomic E-state index is 0.00948. The van der Waals surface area contributed by atoms with Crippen LogP contribution >= 0.6 is 22.7 Å². The summed E-state index contributed by atoms with van der Waals surface area (Å²) >= 11 is 2.69. The molecule has 3 aromatic heterocycles. The van der Waals surface area contributed by atoms with Gasteiger partial charge in [0.05, 0.1) is 39.4 Å².